The van der Waals surface area contributed by atoms with Gasteiger partial charge in [-0.25, -0.2) is 4.98 Å². The third kappa shape index (κ3) is 4.16. The molecule has 0 aliphatic heterocycles. The average Bonchev–Trinajstić information content (AvgIpc) is 3.18. The van der Waals surface area contributed by atoms with E-state index in [-0.39, 0.29) is 29.8 Å². The zero-order chi connectivity index (χ0) is 22.2. The third-order valence-corrected chi connectivity index (χ3v) is 7.89. The van der Waals surface area contributed by atoms with Crippen LogP contribution in [0.5, 0.6) is 0 Å². The molecule has 0 unspecified atom stereocenters. The summed E-state index contributed by atoms with van der Waals surface area (Å²) in [6.07, 6.45) is 7.53. The van der Waals surface area contributed by atoms with Crippen LogP contribution < -0.4 is 10.6 Å². The fourth-order valence-corrected chi connectivity index (χ4v) is 5.87. The summed E-state index contributed by atoms with van der Waals surface area (Å²) >= 11 is 2.63. The minimum atomic E-state index is -0.381. The number of thiazole rings is 1. The Morgan fingerprint density at radius 1 is 1.12 bits per heavy atom. The Morgan fingerprint density at radius 3 is 2.59 bits per heavy atom. The van der Waals surface area contributed by atoms with Gasteiger partial charge in [-0.1, -0.05) is 19.3 Å². The summed E-state index contributed by atoms with van der Waals surface area (Å²) in [4.78, 5) is 48.3. The first kappa shape index (κ1) is 21.1. The molecule has 3 N–H and O–H groups in total. The molecule has 0 saturated heterocycles. The van der Waals surface area contributed by atoms with Crippen molar-refractivity contribution in [3.05, 3.63) is 33.1 Å². The monoisotopic (exact) mass is 471 g/mol. The van der Waals surface area contributed by atoms with Gasteiger partial charge in [-0.05, 0) is 31.7 Å². The molecule has 0 radical (unpaired) electrons. The topological polar surface area (TPSA) is 107 Å². The number of nitrogens with one attached hydrogen (secondary N) is 3. The molecule has 2 aliphatic carbocycles. The maximum absolute atomic E-state index is 13.1. The molecule has 3 aromatic heterocycles. The highest BCUT2D eigenvalue weighted by Crippen LogP contribution is 2.36. The predicted octanol–water partition coefficient (Wildman–Crippen LogP) is 4.24. The van der Waals surface area contributed by atoms with Crippen molar-refractivity contribution in [1.82, 2.24) is 20.2 Å². The van der Waals surface area contributed by atoms with Crippen molar-refractivity contribution in [2.45, 2.75) is 57.0 Å². The van der Waals surface area contributed by atoms with Crippen LogP contribution in [-0.2, 0) is 0 Å². The summed E-state index contributed by atoms with van der Waals surface area (Å²) in [5, 5.41) is 7.44. The molecule has 5 rings (SSSR count). The van der Waals surface area contributed by atoms with E-state index in [0.717, 1.165) is 38.5 Å². The number of hydrogen-bond donors (Lipinski definition) is 3. The molecule has 8 nitrogen and oxygen atoms in total. The second kappa shape index (κ2) is 8.67. The number of carbonyl (C=O) groups is 3. The number of thiophene rings is 1. The van der Waals surface area contributed by atoms with Gasteiger partial charge in [-0.15, -0.1) is 22.7 Å². The van der Waals surface area contributed by atoms with Crippen molar-refractivity contribution in [2.75, 3.05) is 12.4 Å². The predicted molar refractivity (Wildman–Crippen MR) is 126 cm³/mol. The third-order valence-electron chi connectivity index (χ3n) is 6.17. The van der Waals surface area contributed by atoms with Crippen molar-refractivity contribution in [1.29, 1.82) is 0 Å². The van der Waals surface area contributed by atoms with Crippen LogP contribution in [0.3, 0.4) is 0 Å². The van der Waals surface area contributed by atoms with Gasteiger partial charge in [0, 0.05) is 24.5 Å². The fourth-order valence-electron chi connectivity index (χ4n) is 4.19. The van der Waals surface area contributed by atoms with Gasteiger partial charge in [0.2, 0.25) is 0 Å². The SMILES string of the molecule is CN(C(=O)c1cc2[nH]c(NC(=O)c3cscn3)c(C(=O)NC3CC3)c2s1)C1CCCCC1. The second-order valence-corrected chi connectivity index (χ2v) is 10.3. The van der Waals surface area contributed by atoms with Gasteiger partial charge >= 0.3 is 0 Å². The fraction of sp³-hybridized carbons (Fsp3) is 0.455. The summed E-state index contributed by atoms with van der Waals surface area (Å²) in [7, 11) is 1.87. The van der Waals surface area contributed by atoms with E-state index in [4.69, 9.17) is 0 Å². The molecule has 3 heterocycles. The van der Waals surface area contributed by atoms with Crippen LogP contribution in [0.2, 0.25) is 0 Å². The molecular weight excluding hydrogens is 446 g/mol. The first-order chi connectivity index (χ1) is 15.5. The standard InChI is InChI=1S/C22H25N5O3S2/c1-27(13-5-3-2-4-6-13)22(30)16-9-14-18(32-16)17(21(29)24-12-7-8-12)19(25-14)26-20(28)15-10-31-11-23-15/h9-13,25H,2-8H2,1H3,(H,24,29)(H,26,28). The highest BCUT2D eigenvalue weighted by atomic mass is 32.1. The highest BCUT2D eigenvalue weighted by molar-refractivity contribution is 7.21. The molecule has 0 spiro atoms. The second-order valence-electron chi connectivity index (χ2n) is 8.51. The van der Waals surface area contributed by atoms with E-state index in [9.17, 15) is 14.4 Å². The number of fused-ring (bicyclic) bond motifs is 1. The summed E-state index contributed by atoms with van der Waals surface area (Å²) in [5.41, 5.74) is 2.93. The number of hydrogen-bond acceptors (Lipinski definition) is 6. The van der Waals surface area contributed by atoms with E-state index >= 15 is 0 Å². The van der Waals surface area contributed by atoms with E-state index in [1.807, 2.05) is 11.9 Å². The first-order valence-corrected chi connectivity index (χ1v) is 12.7. The molecule has 3 aromatic rings. The lowest BCUT2D eigenvalue weighted by atomic mass is 9.94. The number of amides is 3. The number of nitrogens with zero attached hydrogens (tertiary/aromatic N) is 2. The highest BCUT2D eigenvalue weighted by Gasteiger charge is 2.30. The number of rotatable bonds is 6. The number of aromatic amines is 1. The minimum Gasteiger partial charge on any atom is -0.349 e. The zero-order valence-electron chi connectivity index (χ0n) is 17.8. The normalized spacial score (nSPS) is 16.8. The van der Waals surface area contributed by atoms with E-state index < -0.39 is 0 Å². The van der Waals surface area contributed by atoms with E-state index in [1.54, 1.807) is 17.0 Å². The number of anilines is 1. The maximum Gasteiger partial charge on any atom is 0.276 e. The minimum absolute atomic E-state index is 0.0203. The lowest BCUT2D eigenvalue weighted by Gasteiger charge is -2.30. The lowest BCUT2D eigenvalue weighted by Crippen LogP contribution is -2.37. The summed E-state index contributed by atoms with van der Waals surface area (Å²) in [6, 6.07) is 2.23. The molecule has 10 heteroatoms. The summed E-state index contributed by atoms with van der Waals surface area (Å²) < 4.78 is 0.678. The van der Waals surface area contributed by atoms with E-state index in [2.05, 4.69) is 20.6 Å². The molecule has 2 aliphatic rings. The number of aromatic nitrogens is 2. The van der Waals surface area contributed by atoms with Crippen LogP contribution in [0.15, 0.2) is 17.0 Å². The molecule has 0 bridgehead atoms. The molecular formula is C22H25N5O3S2. The van der Waals surface area contributed by atoms with Crippen molar-refractivity contribution < 1.29 is 14.4 Å². The Labute approximate surface area is 193 Å². The molecule has 32 heavy (non-hydrogen) atoms. The van der Waals surface area contributed by atoms with Crippen LogP contribution in [0, 0.1) is 0 Å². The van der Waals surface area contributed by atoms with Crippen molar-refractivity contribution in [3.63, 3.8) is 0 Å². The zero-order valence-corrected chi connectivity index (χ0v) is 19.4. The molecule has 0 atom stereocenters. The van der Waals surface area contributed by atoms with E-state index in [0.29, 0.717) is 32.2 Å². The summed E-state index contributed by atoms with van der Waals surface area (Å²) in [5.74, 6) is -0.307. The van der Waals surface area contributed by atoms with Crippen LogP contribution in [0.25, 0.3) is 10.2 Å². The van der Waals surface area contributed by atoms with Crippen molar-refractivity contribution >= 4 is 56.4 Å². The molecule has 2 fully saturated rings. The van der Waals surface area contributed by atoms with Gasteiger partial charge in [0.15, 0.2) is 0 Å². The van der Waals surface area contributed by atoms with Gasteiger partial charge in [-0.3, -0.25) is 14.4 Å². The first-order valence-electron chi connectivity index (χ1n) is 10.9. The Morgan fingerprint density at radius 2 is 1.91 bits per heavy atom. The Hall–Kier alpha value is -2.72. The number of H-pyrrole nitrogens is 1. The van der Waals surface area contributed by atoms with Crippen molar-refractivity contribution in [2.24, 2.45) is 0 Å². The Balaban J connectivity index is 1.45. The summed E-state index contributed by atoms with van der Waals surface area (Å²) in [6.45, 7) is 0. The Bertz CT molecular complexity index is 1160. The molecule has 3 amide bonds. The maximum atomic E-state index is 13.1. The average molecular weight is 472 g/mol. The van der Waals surface area contributed by atoms with Crippen LogP contribution >= 0.6 is 22.7 Å². The quantitative estimate of drug-likeness (QED) is 0.500. The molecule has 2 saturated carbocycles. The number of carbonyl (C=O) groups excluding carboxylic acids is 3. The molecule has 0 aromatic carbocycles. The largest absolute Gasteiger partial charge is 0.349 e. The van der Waals surface area contributed by atoms with Crippen LogP contribution in [-0.4, -0.2) is 51.7 Å². The van der Waals surface area contributed by atoms with Crippen LogP contribution in [0.4, 0.5) is 5.82 Å². The lowest BCUT2D eigenvalue weighted by molar-refractivity contribution is 0.0701. The van der Waals surface area contributed by atoms with Gasteiger partial charge in [0.05, 0.1) is 26.2 Å². The van der Waals surface area contributed by atoms with Gasteiger partial charge < -0.3 is 20.5 Å². The van der Waals surface area contributed by atoms with E-state index in [1.165, 1.54) is 29.1 Å². The Kier molecular flexibility index (Phi) is 5.73. The van der Waals surface area contributed by atoms with Gasteiger partial charge in [-0.2, -0.15) is 0 Å². The smallest absolute Gasteiger partial charge is 0.276 e. The van der Waals surface area contributed by atoms with Crippen molar-refractivity contribution in [3.8, 4) is 0 Å². The van der Waals surface area contributed by atoms with Crippen LogP contribution in [0.1, 0.15) is 75.5 Å². The molecule has 168 valence electrons. The van der Waals surface area contributed by atoms with Gasteiger partial charge in [0.25, 0.3) is 17.7 Å². The van der Waals surface area contributed by atoms with Gasteiger partial charge in [0.1, 0.15) is 11.5 Å².